The summed E-state index contributed by atoms with van der Waals surface area (Å²) in [7, 11) is -2.47. The predicted octanol–water partition coefficient (Wildman–Crippen LogP) is 3.63. The smallest absolute Gasteiger partial charge is 0.244 e. The number of ether oxygens (including phenoxy) is 1. The Balaban J connectivity index is 2.50. The third-order valence-electron chi connectivity index (χ3n) is 5.94. The predicted molar refractivity (Wildman–Crippen MR) is 139 cm³/mol. The molecule has 0 radical (unpaired) electrons. The van der Waals surface area contributed by atoms with Gasteiger partial charge in [0.25, 0.3) is 0 Å². The summed E-state index contributed by atoms with van der Waals surface area (Å²) in [4.78, 5) is 28.2. The maximum atomic E-state index is 13.7. The summed E-state index contributed by atoms with van der Waals surface area (Å²) in [5.41, 5.74) is 1.63. The number of hydrogen-bond donors (Lipinski definition) is 1. The topological polar surface area (TPSA) is 96.0 Å². The Kier molecular flexibility index (Phi) is 10.3. The zero-order valence-electron chi connectivity index (χ0n) is 21.7. The van der Waals surface area contributed by atoms with E-state index in [1.54, 1.807) is 32.0 Å². The molecular formula is C26H36FN3O5S. The molecule has 2 amide bonds. The zero-order chi connectivity index (χ0) is 27.0. The second-order valence-electron chi connectivity index (χ2n) is 8.83. The first-order valence-corrected chi connectivity index (χ1v) is 13.7. The van der Waals surface area contributed by atoms with E-state index in [9.17, 15) is 22.4 Å². The van der Waals surface area contributed by atoms with Gasteiger partial charge in [0.15, 0.2) is 0 Å². The summed E-state index contributed by atoms with van der Waals surface area (Å²) >= 11 is 0. The number of amides is 2. The molecule has 0 saturated carbocycles. The average Bonchev–Trinajstić information content (AvgIpc) is 2.82. The Morgan fingerprint density at radius 2 is 1.72 bits per heavy atom. The number of methoxy groups -OCH3 is 1. The van der Waals surface area contributed by atoms with Gasteiger partial charge in [0.2, 0.25) is 21.8 Å². The van der Waals surface area contributed by atoms with Crippen LogP contribution in [0.25, 0.3) is 0 Å². The highest BCUT2D eigenvalue weighted by atomic mass is 32.2. The van der Waals surface area contributed by atoms with E-state index in [-0.39, 0.29) is 24.2 Å². The highest BCUT2D eigenvalue weighted by molar-refractivity contribution is 7.92. The van der Waals surface area contributed by atoms with Crippen LogP contribution in [-0.4, -0.2) is 57.1 Å². The molecule has 8 nitrogen and oxygen atoms in total. The van der Waals surface area contributed by atoms with Crippen LogP contribution in [0.4, 0.5) is 10.1 Å². The van der Waals surface area contributed by atoms with Crippen LogP contribution in [-0.2, 0) is 26.2 Å². The monoisotopic (exact) mass is 521 g/mol. The van der Waals surface area contributed by atoms with Gasteiger partial charge in [-0.15, -0.1) is 0 Å². The number of nitrogens with one attached hydrogen (secondary N) is 1. The molecule has 0 bridgehead atoms. The molecule has 0 aromatic heterocycles. The van der Waals surface area contributed by atoms with Gasteiger partial charge in [0, 0.05) is 12.6 Å². The van der Waals surface area contributed by atoms with Gasteiger partial charge in [0.1, 0.15) is 24.2 Å². The van der Waals surface area contributed by atoms with Crippen molar-refractivity contribution in [1.82, 2.24) is 10.2 Å². The van der Waals surface area contributed by atoms with E-state index in [1.807, 2.05) is 13.8 Å². The van der Waals surface area contributed by atoms with Crippen LogP contribution in [0.3, 0.4) is 0 Å². The first-order chi connectivity index (χ1) is 16.9. The maximum absolute atomic E-state index is 13.7. The molecule has 0 aliphatic rings. The number of carbonyl (C=O) groups excluding carboxylic acids is 2. The average molecular weight is 522 g/mol. The number of hydrogen-bond acceptors (Lipinski definition) is 5. The molecule has 0 saturated heterocycles. The number of carbonyl (C=O) groups is 2. The van der Waals surface area contributed by atoms with Crippen LogP contribution in [0, 0.1) is 12.7 Å². The number of aryl methyl sites for hydroxylation is 1. The normalized spacial score (nSPS) is 13.0. The molecule has 0 unspecified atom stereocenters. The Morgan fingerprint density at radius 3 is 2.25 bits per heavy atom. The summed E-state index contributed by atoms with van der Waals surface area (Å²) in [6.45, 7) is 6.86. The van der Waals surface area contributed by atoms with Gasteiger partial charge in [-0.25, -0.2) is 12.8 Å². The first kappa shape index (κ1) is 29.1. The lowest BCUT2D eigenvalue weighted by Crippen LogP contribution is -2.53. The van der Waals surface area contributed by atoms with Gasteiger partial charge in [-0.1, -0.05) is 32.0 Å². The second-order valence-corrected chi connectivity index (χ2v) is 10.7. The standard InChI is InChI=1S/C26H36FN3O5S/c1-7-19(4)28-26(32)22(8-2)29(16-20-10-12-21(27)13-11-20)25(31)17-30(36(6,33)34)23-15-18(3)9-14-24(23)35-5/h9-15,19,22H,7-8,16-17H2,1-6H3,(H,28,32)/t19-,22+/m0/s1. The summed E-state index contributed by atoms with van der Waals surface area (Å²) < 4.78 is 45.4. The number of rotatable bonds is 12. The minimum atomic E-state index is -3.89. The fourth-order valence-electron chi connectivity index (χ4n) is 3.74. The highest BCUT2D eigenvalue weighted by Gasteiger charge is 2.33. The van der Waals surface area contributed by atoms with Gasteiger partial charge in [-0.05, 0) is 62.1 Å². The van der Waals surface area contributed by atoms with E-state index in [0.717, 1.165) is 16.1 Å². The van der Waals surface area contributed by atoms with Crippen LogP contribution < -0.4 is 14.4 Å². The number of sulfonamides is 1. The molecule has 10 heteroatoms. The lowest BCUT2D eigenvalue weighted by molar-refractivity contribution is -0.140. The van der Waals surface area contributed by atoms with Crippen molar-refractivity contribution in [2.45, 2.75) is 59.2 Å². The first-order valence-electron chi connectivity index (χ1n) is 11.9. The minimum Gasteiger partial charge on any atom is -0.495 e. The fourth-order valence-corrected chi connectivity index (χ4v) is 4.58. The quantitative estimate of drug-likeness (QED) is 0.460. The molecule has 1 N–H and O–H groups in total. The molecule has 0 fully saturated rings. The zero-order valence-corrected chi connectivity index (χ0v) is 22.6. The third-order valence-corrected chi connectivity index (χ3v) is 7.06. The van der Waals surface area contributed by atoms with Crippen molar-refractivity contribution < 1.29 is 27.1 Å². The number of nitrogens with zero attached hydrogens (tertiary/aromatic N) is 2. The van der Waals surface area contributed by atoms with E-state index in [2.05, 4.69) is 5.32 Å². The van der Waals surface area contributed by atoms with Crippen molar-refractivity contribution in [2.75, 3.05) is 24.2 Å². The molecule has 2 rings (SSSR count). The molecule has 36 heavy (non-hydrogen) atoms. The Labute approximate surface area is 213 Å². The molecule has 198 valence electrons. The summed E-state index contributed by atoms with van der Waals surface area (Å²) in [6.07, 6.45) is 2.03. The molecule has 2 atom stereocenters. The van der Waals surface area contributed by atoms with E-state index in [1.165, 1.54) is 36.3 Å². The SMILES string of the molecule is CC[C@H](C(=O)N[C@@H](C)CC)N(Cc1ccc(F)cc1)C(=O)CN(c1cc(C)ccc1OC)S(C)(=O)=O. The van der Waals surface area contributed by atoms with Crippen molar-refractivity contribution in [2.24, 2.45) is 0 Å². The van der Waals surface area contributed by atoms with Gasteiger partial charge in [-0.3, -0.25) is 13.9 Å². The van der Waals surface area contributed by atoms with Crippen LogP contribution in [0.15, 0.2) is 42.5 Å². The van der Waals surface area contributed by atoms with Crippen LogP contribution >= 0.6 is 0 Å². The molecule has 0 aliphatic heterocycles. The summed E-state index contributed by atoms with van der Waals surface area (Å²) in [6, 6.07) is 9.72. The highest BCUT2D eigenvalue weighted by Crippen LogP contribution is 2.31. The van der Waals surface area contributed by atoms with E-state index >= 15 is 0 Å². The lowest BCUT2D eigenvalue weighted by atomic mass is 10.1. The maximum Gasteiger partial charge on any atom is 0.244 e. The molecule has 0 spiro atoms. The number of anilines is 1. The summed E-state index contributed by atoms with van der Waals surface area (Å²) in [5, 5.41) is 2.91. The largest absolute Gasteiger partial charge is 0.495 e. The molecule has 2 aromatic carbocycles. The Bertz CT molecular complexity index is 1150. The minimum absolute atomic E-state index is 0.00804. The molecule has 0 aliphatic carbocycles. The van der Waals surface area contributed by atoms with Gasteiger partial charge in [0.05, 0.1) is 19.1 Å². The molecule has 0 heterocycles. The van der Waals surface area contributed by atoms with E-state index in [0.29, 0.717) is 24.2 Å². The number of benzene rings is 2. The van der Waals surface area contributed by atoms with Crippen LogP contribution in [0.1, 0.15) is 44.7 Å². The van der Waals surface area contributed by atoms with Crippen molar-refractivity contribution >= 4 is 27.5 Å². The Morgan fingerprint density at radius 1 is 1.08 bits per heavy atom. The summed E-state index contributed by atoms with van der Waals surface area (Å²) in [5.74, 6) is -1.03. The van der Waals surface area contributed by atoms with Crippen LogP contribution in [0.2, 0.25) is 0 Å². The van der Waals surface area contributed by atoms with E-state index in [4.69, 9.17) is 4.74 Å². The van der Waals surface area contributed by atoms with Crippen molar-refractivity contribution in [3.05, 3.63) is 59.4 Å². The van der Waals surface area contributed by atoms with Gasteiger partial charge >= 0.3 is 0 Å². The number of halogens is 1. The third kappa shape index (κ3) is 7.68. The van der Waals surface area contributed by atoms with Gasteiger partial charge < -0.3 is 15.0 Å². The fraction of sp³-hybridized carbons (Fsp3) is 0.462. The van der Waals surface area contributed by atoms with Crippen molar-refractivity contribution in [3.8, 4) is 5.75 Å². The second kappa shape index (κ2) is 12.7. The van der Waals surface area contributed by atoms with Crippen molar-refractivity contribution in [1.29, 1.82) is 0 Å². The van der Waals surface area contributed by atoms with Crippen LogP contribution in [0.5, 0.6) is 5.75 Å². The lowest BCUT2D eigenvalue weighted by Gasteiger charge is -2.33. The van der Waals surface area contributed by atoms with Crippen molar-refractivity contribution in [3.63, 3.8) is 0 Å². The molecule has 2 aromatic rings. The van der Waals surface area contributed by atoms with E-state index < -0.39 is 34.3 Å². The Hall–Kier alpha value is -3.14. The molecular weight excluding hydrogens is 485 g/mol. The van der Waals surface area contributed by atoms with Gasteiger partial charge in [-0.2, -0.15) is 0 Å².